The molecule has 7 nitrogen and oxygen atoms in total. The molecular formula is C16H17F3N2O5S. The van der Waals surface area contributed by atoms with Crippen LogP contribution >= 0.6 is 0 Å². The molecule has 0 bridgehead atoms. The molecule has 0 spiro atoms. The van der Waals surface area contributed by atoms with Crippen LogP contribution in [0.4, 0.5) is 18.9 Å². The van der Waals surface area contributed by atoms with Crippen LogP contribution in [0.3, 0.4) is 0 Å². The highest BCUT2D eigenvalue weighted by Crippen LogP contribution is 2.35. The summed E-state index contributed by atoms with van der Waals surface area (Å²) in [5.41, 5.74) is -5.21. The third-order valence-corrected chi connectivity index (χ3v) is 4.75. The van der Waals surface area contributed by atoms with Gasteiger partial charge in [0, 0.05) is 18.5 Å². The predicted molar refractivity (Wildman–Crippen MR) is 92.2 cm³/mol. The number of nitrogens with zero attached hydrogens (tertiary/aromatic N) is 2. The number of methoxy groups -OCH3 is 1. The Kier molecular flexibility index (Phi) is 5.55. The second-order valence-corrected chi connectivity index (χ2v) is 7.44. The predicted octanol–water partition coefficient (Wildman–Crippen LogP) is 3.09. The molecule has 1 aromatic carbocycles. The maximum absolute atomic E-state index is 12.7. The zero-order valence-electron chi connectivity index (χ0n) is 14.9. The summed E-state index contributed by atoms with van der Waals surface area (Å²) in [7, 11) is -3.13. The average molecular weight is 406 g/mol. The highest BCUT2D eigenvalue weighted by molar-refractivity contribution is 7.88. The van der Waals surface area contributed by atoms with E-state index in [-0.39, 0.29) is 22.8 Å². The third-order valence-electron chi connectivity index (χ3n) is 3.81. The number of ether oxygens (including phenoxy) is 1. The van der Waals surface area contributed by atoms with Crippen LogP contribution in [-0.2, 0) is 14.9 Å². The van der Waals surface area contributed by atoms with Crippen molar-refractivity contribution < 1.29 is 35.3 Å². The first-order chi connectivity index (χ1) is 12.4. The Morgan fingerprint density at radius 2 is 1.85 bits per heavy atom. The molecule has 0 aliphatic carbocycles. The molecule has 0 radical (unpaired) electrons. The van der Waals surface area contributed by atoms with Gasteiger partial charge in [0.25, 0.3) is 5.88 Å². The van der Waals surface area contributed by atoms with Gasteiger partial charge in [-0.15, -0.1) is 0 Å². The first-order valence-corrected chi connectivity index (χ1v) is 9.05. The van der Waals surface area contributed by atoms with E-state index in [2.05, 4.69) is 13.9 Å². The van der Waals surface area contributed by atoms with Gasteiger partial charge >= 0.3 is 21.6 Å². The van der Waals surface area contributed by atoms with Crippen molar-refractivity contribution in [2.45, 2.75) is 25.4 Å². The minimum Gasteiger partial charge on any atom is -0.465 e. The molecular weight excluding hydrogens is 389 g/mol. The monoisotopic (exact) mass is 406 g/mol. The molecule has 148 valence electrons. The quantitative estimate of drug-likeness (QED) is 0.428. The number of aromatic nitrogens is 1. The molecule has 2 aromatic rings. The summed E-state index contributed by atoms with van der Waals surface area (Å²) in [6.45, 7) is 3.49. The van der Waals surface area contributed by atoms with E-state index in [0.29, 0.717) is 5.39 Å². The van der Waals surface area contributed by atoms with Crippen LogP contribution in [0.2, 0.25) is 0 Å². The van der Waals surface area contributed by atoms with E-state index < -0.39 is 27.5 Å². The molecule has 0 fully saturated rings. The van der Waals surface area contributed by atoms with Crippen LogP contribution in [0.15, 0.2) is 24.3 Å². The summed E-state index contributed by atoms with van der Waals surface area (Å²) in [4.78, 5) is 17.1. The van der Waals surface area contributed by atoms with Crippen molar-refractivity contribution in [1.29, 1.82) is 0 Å². The number of alkyl halides is 3. The lowest BCUT2D eigenvalue weighted by atomic mass is 10.1. The van der Waals surface area contributed by atoms with Gasteiger partial charge in [-0.05, 0) is 38.1 Å². The highest BCUT2D eigenvalue weighted by atomic mass is 32.2. The summed E-state index contributed by atoms with van der Waals surface area (Å²) in [6.07, 6.45) is 0. The van der Waals surface area contributed by atoms with E-state index in [0.717, 1.165) is 0 Å². The maximum atomic E-state index is 12.7. The molecule has 2 rings (SSSR count). The van der Waals surface area contributed by atoms with Gasteiger partial charge in [0.2, 0.25) is 0 Å². The molecule has 11 heteroatoms. The Labute approximate surface area is 153 Å². The molecule has 0 saturated carbocycles. The molecule has 27 heavy (non-hydrogen) atoms. The number of rotatable bonds is 5. The largest absolute Gasteiger partial charge is 0.534 e. The van der Waals surface area contributed by atoms with Crippen molar-refractivity contribution in [3.8, 4) is 5.88 Å². The molecule has 0 aliphatic rings. The molecule has 0 unspecified atom stereocenters. The standard InChI is InChI=1S/C16H17F3N2O5S/c1-9(2)21(3)13-8-11-7-10(15(22)25-4)5-6-12(11)20-14(13)26-27(23,24)16(17,18)19/h5-9H,1-4H3. The maximum Gasteiger partial charge on any atom is 0.534 e. The minimum absolute atomic E-state index is 0.0207. The summed E-state index contributed by atoms with van der Waals surface area (Å²) in [6, 6.07) is 5.34. The minimum atomic E-state index is -5.89. The SMILES string of the molecule is COC(=O)c1ccc2nc(OS(=O)(=O)C(F)(F)F)c(N(C)C(C)C)cc2c1. The number of fused-ring (bicyclic) bond motifs is 1. The fraction of sp³-hybridized carbons (Fsp3) is 0.375. The number of esters is 1. The molecule has 0 saturated heterocycles. The van der Waals surface area contributed by atoms with Crippen LogP contribution in [0, 0.1) is 0 Å². The second-order valence-electron chi connectivity index (χ2n) is 5.90. The lowest BCUT2D eigenvalue weighted by molar-refractivity contribution is -0.0501. The fourth-order valence-electron chi connectivity index (χ4n) is 2.14. The van der Waals surface area contributed by atoms with E-state index >= 15 is 0 Å². The number of benzene rings is 1. The Hall–Kier alpha value is -2.56. The first kappa shape index (κ1) is 20.7. The number of carbonyl (C=O) groups excluding carboxylic acids is 1. The van der Waals surface area contributed by atoms with Crippen LogP contribution in [0.1, 0.15) is 24.2 Å². The van der Waals surface area contributed by atoms with Gasteiger partial charge in [-0.3, -0.25) is 0 Å². The summed E-state index contributed by atoms with van der Waals surface area (Å²) >= 11 is 0. The van der Waals surface area contributed by atoms with Crippen LogP contribution in [0.5, 0.6) is 5.88 Å². The van der Waals surface area contributed by atoms with Gasteiger partial charge in [-0.1, -0.05) is 0 Å². The van der Waals surface area contributed by atoms with Gasteiger partial charge < -0.3 is 13.8 Å². The van der Waals surface area contributed by atoms with Crippen molar-refractivity contribution in [3.63, 3.8) is 0 Å². The fourth-order valence-corrected chi connectivity index (χ4v) is 2.56. The summed E-state index contributed by atoms with van der Waals surface area (Å²) < 4.78 is 69.8. The summed E-state index contributed by atoms with van der Waals surface area (Å²) in [5, 5.41) is 0.400. The van der Waals surface area contributed by atoms with Gasteiger partial charge in [0.1, 0.15) is 5.69 Å². The molecule has 0 aliphatic heterocycles. The Morgan fingerprint density at radius 1 is 1.22 bits per heavy atom. The number of anilines is 1. The van der Waals surface area contributed by atoms with E-state index in [1.54, 1.807) is 20.9 Å². The van der Waals surface area contributed by atoms with E-state index in [9.17, 15) is 26.4 Å². The van der Waals surface area contributed by atoms with E-state index in [4.69, 9.17) is 0 Å². The zero-order chi connectivity index (χ0) is 20.6. The number of halogens is 3. The molecule has 0 atom stereocenters. The first-order valence-electron chi connectivity index (χ1n) is 7.64. The Balaban J connectivity index is 2.67. The lowest BCUT2D eigenvalue weighted by Gasteiger charge is -2.25. The normalized spacial score (nSPS) is 12.3. The van der Waals surface area contributed by atoms with Crippen LogP contribution in [-0.4, -0.2) is 45.1 Å². The van der Waals surface area contributed by atoms with Crippen molar-refractivity contribution >= 4 is 32.7 Å². The molecule has 1 aromatic heterocycles. The second kappa shape index (κ2) is 7.22. The summed E-state index contributed by atoms with van der Waals surface area (Å²) in [5.74, 6) is -1.31. The van der Waals surface area contributed by atoms with Crippen molar-refractivity contribution in [3.05, 3.63) is 29.8 Å². The van der Waals surface area contributed by atoms with Gasteiger partial charge in [-0.25, -0.2) is 9.78 Å². The van der Waals surface area contributed by atoms with E-state index in [1.165, 1.54) is 36.3 Å². The third kappa shape index (κ3) is 4.24. The number of hydrogen-bond donors (Lipinski definition) is 0. The average Bonchev–Trinajstić information content (AvgIpc) is 2.58. The Bertz CT molecular complexity index is 974. The topological polar surface area (TPSA) is 85.8 Å². The highest BCUT2D eigenvalue weighted by Gasteiger charge is 2.49. The molecule has 1 heterocycles. The van der Waals surface area contributed by atoms with Crippen molar-refractivity contribution in [1.82, 2.24) is 4.98 Å². The van der Waals surface area contributed by atoms with Crippen molar-refractivity contribution in [2.75, 3.05) is 19.1 Å². The molecule has 0 N–H and O–H groups in total. The number of hydrogen-bond acceptors (Lipinski definition) is 7. The van der Waals surface area contributed by atoms with Crippen molar-refractivity contribution in [2.24, 2.45) is 0 Å². The van der Waals surface area contributed by atoms with Crippen LogP contribution in [0.25, 0.3) is 10.9 Å². The van der Waals surface area contributed by atoms with Gasteiger partial charge in [0.15, 0.2) is 0 Å². The van der Waals surface area contributed by atoms with Gasteiger partial charge in [-0.2, -0.15) is 21.6 Å². The van der Waals surface area contributed by atoms with Gasteiger partial charge in [0.05, 0.1) is 18.2 Å². The Morgan fingerprint density at radius 3 is 2.37 bits per heavy atom. The van der Waals surface area contributed by atoms with Crippen LogP contribution < -0.4 is 9.08 Å². The molecule has 0 amide bonds. The van der Waals surface area contributed by atoms with E-state index in [1.807, 2.05) is 0 Å². The number of pyridine rings is 1. The zero-order valence-corrected chi connectivity index (χ0v) is 15.7. The number of carbonyl (C=O) groups is 1. The lowest BCUT2D eigenvalue weighted by Crippen LogP contribution is -2.31. The smallest absolute Gasteiger partial charge is 0.465 e.